The fourth-order valence-electron chi connectivity index (χ4n) is 4.96. The van der Waals surface area contributed by atoms with Crippen molar-refractivity contribution in [2.45, 2.75) is 64.6 Å². The Morgan fingerprint density at radius 1 is 1.15 bits per heavy atom. The number of nitrogens with one attached hydrogen (secondary N) is 1. The van der Waals surface area contributed by atoms with Crippen molar-refractivity contribution in [3.8, 4) is 0 Å². The van der Waals surface area contributed by atoms with Gasteiger partial charge < -0.3 is 10.2 Å². The van der Waals surface area contributed by atoms with Crippen LogP contribution in [-0.4, -0.2) is 60.6 Å². The molecule has 3 nitrogen and oxygen atoms in total. The number of nitrogens with zero attached hydrogens (tertiary/aromatic N) is 2. The largest absolute Gasteiger partial charge is 0.316 e. The van der Waals surface area contributed by atoms with Crippen molar-refractivity contribution in [2.24, 2.45) is 11.8 Å². The maximum absolute atomic E-state index is 3.61. The molecule has 3 heterocycles. The Morgan fingerprint density at radius 2 is 2.00 bits per heavy atom. The van der Waals surface area contributed by atoms with Gasteiger partial charge in [0, 0.05) is 24.7 Å². The standard InChI is InChI=1S/C17H33N3/c1-4-17-16-11-18-10-14(16)12-20(17)15-6-5-8-19(9-7-15)13(2)3/h13-18H,4-12H2,1-3H3. The normalized spacial score (nSPS) is 40.2. The highest BCUT2D eigenvalue weighted by Crippen LogP contribution is 2.37. The number of likely N-dealkylation sites (tertiary alicyclic amines) is 2. The molecule has 3 heteroatoms. The molecule has 0 aromatic rings. The average molecular weight is 279 g/mol. The minimum absolute atomic E-state index is 0.720. The molecular weight excluding hydrogens is 246 g/mol. The van der Waals surface area contributed by atoms with Crippen molar-refractivity contribution in [2.75, 3.05) is 32.7 Å². The third-order valence-corrected chi connectivity index (χ3v) is 6.11. The van der Waals surface area contributed by atoms with E-state index in [1.165, 1.54) is 58.4 Å². The molecule has 4 unspecified atom stereocenters. The lowest BCUT2D eigenvalue weighted by Crippen LogP contribution is -2.43. The average Bonchev–Trinajstić information content (AvgIpc) is 2.90. The van der Waals surface area contributed by atoms with Gasteiger partial charge in [0.1, 0.15) is 0 Å². The van der Waals surface area contributed by atoms with Crippen molar-refractivity contribution in [3.63, 3.8) is 0 Å². The topological polar surface area (TPSA) is 18.5 Å². The van der Waals surface area contributed by atoms with Crippen molar-refractivity contribution >= 4 is 0 Å². The van der Waals surface area contributed by atoms with Gasteiger partial charge in [0.15, 0.2) is 0 Å². The molecule has 0 amide bonds. The molecule has 0 aromatic heterocycles. The lowest BCUT2D eigenvalue weighted by atomic mass is 9.92. The SMILES string of the molecule is CCC1C2CNCC2CN1C1CCCN(C(C)C)CC1. The first-order valence-electron chi connectivity index (χ1n) is 8.91. The molecule has 20 heavy (non-hydrogen) atoms. The van der Waals surface area contributed by atoms with Crippen LogP contribution in [0, 0.1) is 11.8 Å². The Morgan fingerprint density at radius 3 is 2.75 bits per heavy atom. The second-order valence-electron chi connectivity index (χ2n) is 7.47. The van der Waals surface area contributed by atoms with Crippen LogP contribution in [0.2, 0.25) is 0 Å². The van der Waals surface area contributed by atoms with Crippen LogP contribution in [0.15, 0.2) is 0 Å². The van der Waals surface area contributed by atoms with Gasteiger partial charge >= 0.3 is 0 Å². The van der Waals surface area contributed by atoms with Gasteiger partial charge in [-0.25, -0.2) is 0 Å². The quantitative estimate of drug-likeness (QED) is 0.854. The first-order chi connectivity index (χ1) is 9.70. The van der Waals surface area contributed by atoms with Gasteiger partial charge in [0.05, 0.1) is 0 Å². The lowest BCUT2D eigenvalue weighted by Gasteiger charge is -2.34. The molecule has 0 saturated carbocycles. The Hall–Kier alpha value is -0.120. The van der Waals surface area contributed by atoms with E-state index in [1.54, 1.807) is 0 Å². The van der Waals surface area contributed by atoms with Crippen LogP contribution < -0.4 is 5.32 Å². The van der Waals surface area contributed by atoms with Gasteiger partial charge in [-0.1, -0.05) is 6.92 Å². The molecule has 0 aliphatic carbocycles. The second kappa shape index (κ2) is 6.33. The van der Waals surface area contributed by atoms with Crippen LogP contribution in [0.3, 0.4) is 0 Å². The van der Waals surface area contributed by atoms with Crippen LogP contribution in [0.1, 0.15) is 46.5 Å². The minimum atomic E-state index is 0.720. The van der Waals surface area contributed by atoms with E-state index in [9.17, 15) is 0 Å². The summed E-state index contributed by atoms with van der Waals surface area (Å²) in [5.74, 6) is 1.87. The zero-order valence-electron chi connectivity index (χ0n) is 13.6. The van der Waals surface area contributed by atoms with Crippen molar-refractivity contribution in [3.05, 3.63) is 0 Å². The molecule has 3 aliphatic rings. The van der Waals surface area contributed by atoms with E-state index in [2.05, 4.69) is 35.9 Å². The Balaban J connectivity index is 1.64. The molecule has 4 atom stereocenters. The molecule has 0 aromatic carbocycles. The van der Waals surface area contributed by atoms with Crippen molar-refractivity contribution in [1.82, 2.24) is 15.1 Å². The number of fused-ring (bicyclic) bond motifs is 1. The lowest BCUT2D eigenvalue weighted by molar-refractivity contribution is 0.138. The molecule has 3 saturated heterocycles. The molecule has 3 aliphatic heterocycles. The summed E-state index contributed by atoms with van der Waals surface area (Å²) in [6, 6.07) is 2.43. The fraction of sp³-hybridized carbons (Fsp3) is 1.00. The van der Waals surface area contributed by atoms with Gasteiger partial charge in [-0.2, -0.15) is 0 Å². The number of hydrogen-bond donors (Lipinski definition) is 1. The summed E-state index contributed by atoms with van der Waals surface area (Å²) in [7, 11) is 0. The summed E-state index contributed by atoms with van der Waals surface area (Å²) >= 11 is 0. The molecule has 116 valence electrons. The van der Waals surface area contributed by atoms with E-state index in [4.69, 9.17) is 0 Å². The van der Waals surface area contributed by atoms with Crippen LogP contribution in [0.5, 0.6) is 0 Å². The smallest absolute Gasteiger partial charge is 0.0140 e. The maximum atomic E-state index is 3.61. The molecule has 3 fully saturated rings. The van der Waals surface area contributed by atoms with Crippen LogP contribution in [-0.2, 0) is 0 Å². The third kappa shape index (κ3) is 2.77. The summed E-state index contributed by atoms with van der Waals surface area (Å²) in [5, 5.41) is 3.61. The summed E-state index contributed by atoms with van der Waals surface area (Å²) in [5.41, 5.74) is 0. The van der Waals surface area contributed by atoms with E-state index in [0.29, 0.717) is 0 Å². The van der Waals surface area contributed by atoms with E-state index < -0.39 is 0 Å². The van der Waals surface area contributed by atoms with E-state index >= 15 is 0 Å². The van der Waals surface area contributed by atoms with E-state index in [1.807, 2.05) is 0 Å². The van der Waals surface area contributed by atoms with Crippen LogP contribution in [0.4, 0.5) is 0 Å². The van der Waals surface area contributed by atoms with Gasteiger partial charge in [0.25, 0.3) is 0 Å². The summed E-state index contributed by atoms with van der Waals surface area (Å²) in [6.45, 7) is 13.6. The predicted molar refractivity (Wildman–Crippen MR) is 85.0 cm³/mol. The Kier molecular flexibility index (Phi) is 4.68. The second-order valence-corrected chi connectivity index (χ2v) is 7.47. The van der Waals surface area contributed by atoms with Crippen LogP contribution >= 0.6 is 0 Å². The molecule has 1 N–H and O–H groups in total. The first-order valence-corrected chi connectivity index (χ1v) is 8.91. The molecule has 0 radical (unpaired) electrons. The Bertz CT molecular complexity index is 317. The zero-order valence-corrected chi connectivity index (χ0v) is 13.6. The predicted octanol–water partition coefficient (Wildman–Crippen LogP) is 2.18. The highest BCUT2D eigenvalue weighted by atomic mass is 15.3. The Labute approximate surface area is 125 Å². The minimum Gasteiger partial charge on any atom is -0.316 e. The van der Waals surface area contributed by atoms with Crippen LogP contribution in [0.25, 0.3) is 0 Å². The zero-order chi connectivity index (χ0) is 14.1. The molecule has 3 rings (SSSR count). The molecular formula is C17H33N3. The number of rotatable bonds is 3. The first kappa shape index (κ1) is 14.8. The maximum Gasteiger partial charge on any atom is 0.0140 e. The molecule has 0 spiro atoms. The van der Waals surface area contributed by atoms with E-state index in [0.717, 1.165) is 30.0 Å². The third-order valence-electron chi connectivity index (χ3n) is 6.11. The highest BCUT2D eigenvalue weighted by molar-refractivity contribution is 5.00. The fourth-order valence-corrected chi connectivity index (χ4v) is 4.96. The van der Waals surface area contributed by atoms with Gasteiger partial charge in [-0.05, 0) is 77.5 Å². The number of hydrogen-bond acceptors (Lipinski definition) is 3. The monoisotopic (exact) mass is 279 g/mol. The summed E-state index contributed by atoms with van der Waals surface area (Å²) in [6.07, 6.45) is 5.55. The summed E-state index contributed by atoms with van der Waals surface area (Å²) in [4.78, 5) is 5.60. The van der Waals surface area contributed by atoms with Crippen molar-refractivity contribution in [1.29, 1.82) is 0 Å². The molecule has 0 bridgehead atoms. The summed E-state index contributed by atoms with van der Waals surface area (Å²) < 4.78 is 0. The van der Waals surface area contributed by atoms with Gasteiger partial charge in [0.2, 0.25) is 0 Å². The highest BCUT2D eigenvalue weighted by Gasteiger charge is 2.45. The van der Waals surface area contributed by atoms with Gasteiger partial charge in [-0.15, -0.1) is 0 Å². The van der Waals surface area contributed by atoms with E-state index in [-0.39, 0.29) is 0 Å². The van der Waals surface area contributed by atoms with Gasteiger partial charge in [-0.3, -0.25) is 4.90 Å². The van der Waals surface area contributed by atoms with Crippen molar-refractivity contribution < 1.29 is 0 Å².